The molecule has 5 nitrogen and oxygen atoms in total. The second-order valence-electron chi connectivity index (χ2n) is 5.63. The van der Waals surface area contributed by atoms with Crippen LogP contribution in [0.25, 0.3) is 11.5 Å². The largest absolute Gasteiger partial charge is 0.508 e. The van der Waals surface area contributed by atoms with E-state index in [2.05, 4.69) is 17.1 Å². The summed E-state index contributed by atoms with van der Waals surface area (Å²) in [5, 5.41) is 23.3. The molecule has 20 heavy (non-hydrogen) atoms. The van der Waals surface area contributed by atoms with Gasteiger partial charge >= 0.3 is 0 Å². The van der Waals surface area contributed by atoms with Gasteiger partial charge in [-0.05, 0) is 37.0 Å². The number of aromatic nitrogens is 2. The summed E-state index contributed by atoms with van der Waals surface area (Å²) in [4.78, 5) is 4.39. The Morgan fingerprint density at radius 3 is 2.90 bits per heavy atom. The Hall–Kier alpha value is -2.04. The standard InChI is InChI=1S/C15H18N2O3/c1-9-3-2-4-10(7-9)14-16-15(20-17-14)12-8-11(18)5-6-13(12)19/h5-6,8-10,18-19H,2-4,7H2,1H3. The minimum absolute atomic E-state index is 0.0232. The highest BCUT2D eigenvalue weighted by Gasteiger charge is 2.25. The number of aromatic hydroxyl groups is 2. The van der Waals surface area contributed by atoms with E-state index >= 15 is 0 Å². The SMILES string of the molecule is CC1CCCC(c2noc(-c3cc(O)ccc3O)n2)C1. The molecule has 0 bridgehead atoms. The van der Waals surface area contributed by atoms with E-state index in [0.717, 1.165) is 12.8 Å². The summed E-state index contributed by atoms with van der Waals surface area (Å²) >= 11 is 0. The number of nitrogens with zero attached hydrogens (tertiary/aromatic N) is 2. The second-order valence-corrected chi connectivity index (χ2v) is 5.63. The fraction of sp³-hybridized carbons (Fsp3) is 0.467. The van der Waals surface area contributed by atoms with Gasteiger partial charge in [0, 0.05) is 5.92 Å². The van der Waals surface area contributed by atoms with Crippen molar-refractivity contribution in [2.45, 2.75) is 38.5 Å². The molecule has 1 heterocycles. The number of phenols is 2. The lowest BCUT2D eigenvalue weighted by Crippen LogP contribution is -2.12. The first kappa shape index (κ1) is 13.0. The maximum Gasteiger partial charge on any atom is 0.261 e. The van der Waals surface area contributed by atoms with Crippen LogP contribution in [0.15, 0.2) is 22.7 Å². The van der Waals surface area contributed by atoms with E-state index in [1.54, 1.807) is 0 Å². The molecule has 0 spiro atoms. The van der Waals surface area contributed by atoms with Crippen molar-refractivity contribution in [3.63, 3.8) is 0 Å². The molecule has 0 radical (unpaired) electrons. The Balaban J connectivity index is 1.88. The molecule has 1 aromatic heterocycles. The average Bonchev–Trinajstić information content (AvgIpc) is 2.91. The summed E-state index contributed by atoms with van der Waals surface area (Å²) in [7, 11) is 0. The van der Waals surface area contributed by atoms with Crippen molar-refractivity contribution >= 4 is 0 Å². The summed E-state index contributed by atoms with van der Waals surface area (Å²) in [5.41, 5.74) is 0.368. The van der Waals surface area contributed by atoms with Crippen LogP contribution < -0.4 is 0 Å². The highest BCUT2D eigenvalue weighted by atomic mass is 16.5. The van der Waals surface area contributed by atoms with Gasteiger partial charge in [0.15, 0.2) is 5.82 Å². The van der Waals surface area contributed by atoms with Crippen molar-refractivity contribution in [1.29, 1.82) is 0 Å². The third-order valence-electron chi connectivity index (χ3n) is 3.95. The van der Waals surface area contributed by atoms with Gasteiger partial charge in [-0.2, -0.15) is 4.98 Å². The number of hydrogen-bond acceptors (Lipinski definition) is 5. The molecule has 0 aliphatic heterocycles. The maximum absolute atomic E-state index is 9.81. The molecule has 1 aliphatic rings. The Kier molecular flexibility index (Phi) is 3.34. The van der Waals surface area contributed by atoms with Crippen LogP contribution >= 0.6 is 0 Å². The van der Waals surface area contributed by atoms with Gasteiger partial charge in [0.1, 0.15) is 11.5 Å². The zero-order valence-electron chi connectivity index (χ0n) is 11.4. The van der Waals surface area contributed by atoms with E-state index in [0.29, 0.717) is 23.2 Å². The van der Waals surface area contributed by atoms with Gasteiger partial charge in [-0.25, -0.2) is 0 Å². The molecule has 1 aliphatic carbocycles. The van der Waals surface area contributed by atoms with Gasteiger partial charge < -0.3 is 14.7 Å². The van der Waals surface area contributed by atoms with Crippen molar-refractivity contribution < 1.29 is 14.7 Å². The molecule has 0 saturated heterocycles. The fourth-order valence-electron chi connectivity index (χ4n) is 2.87. The first-order valence-corrected chi connectivity index (χ1v) is 6.99. The quantitative estimate of drug-likeness (QED) is 0.820. The first-order valence-electron chi connectivity index (χ1n) is 6.99. The Bertz CT molecular complexity index is 609. The molecule has 2 N–H and O–H groups in total. The predicted molar refractivity (Wildman–Crippen MR) is 73.4 cm³/mol. The van der Waals surface area contributed by atoms with E-state index in [1.165, 1.54) is 31.0 Å². The second kappa shape index (κ2) is 5.15. The van der Waals surface area contributed by atoms with Crippen LogP contribution in [0.4, 0.5) is 0 Å². The normalized spacial score (nSPS) is 22.9. The molecular formula is C15H18N2O3. The van der Waals surface area contributed by atoms with Crippen LogP contribution in [-0.4, -0.2) is 20.4 Å². The third kappa shape index (κ3) is 2.48. The lowest BCUT2D eigenvalue weighted by atomic mass is 9.82. The molecule has 106 valence electrons. The van der Waals surface area contributed by atoms with Gasteiger partial charge in [0.25, 0.3) is 5.89 Å². The summed E-state index contributed by atoms with van der Waals surface area (Å²) in [6.07, 6.45) is 4.60. The predicted octanol–water partition coefficient (Wildman–Crippen LogP) is 3.44. The summed E-state index contributed by atoms with van der Waals surface area (Å²) < 4.78 is 5.24. The van der Waals surface area contributed by atoms with Crippen molar-refractivity contribution in [1.82, 2.24) is 10.1 Å². The zero-order valence-corrected chi connectivity index (χ0v) is 11.4. The zero-order chi connectivity index (χ0) is 14.1. The molecule has 3 rings (SSSR count). The molecule has 5 heteroatoms. The van der Waals surface area contributed by atoms with E-state index in [-0.39, 0.29) is 17.4 Å². The monoisotopic (exact) mass is 274 g/mol. The number of benzene rings is 1. The van der Waals surface area contributed by atoms with E-state index in [4.69, 9.17) is 4.52 Å². The van der Waals surface area contributed by atoms with E-state index < -0.39 is 0 Å². The lowest BCUT2D eigenvalue weighted by Gasteiger charge is -2.23. The highest BCUT2D eigenvalue weighted by Crippen LogP contribution is 2.36. The Morgan fingerprint density at radius 2 is 2.10 bits per heavy atom. The molecule has 1 fully saturated rings. The van der Waals surface area contributed by atoms with Gasteiger partial charge in [-0.1, -0.05) is 24.9 Å². The molecule has 0 amide bonds. The molecule has 2 aromatic rings. The number of phenolic OH excluding ortho intramolecular Hbond substituents is 2. The van der Waals surface area contributed by atoms with Gasteiger partial charge in [0.2, 0.25) is 0 Å². The maximum atomic E-state index is 9.81. The van der Waals surface area contributed by atoms with Gasteiger partial charge in [-0.3, -0.25) is 0 Å². The van der Waals surface area contributed by atoms with E-state index in [1.807, 2.05) is 0 Å². The number of hydrogen-bond donors (Lipinski definition) is 2. The van der Waals surface area contributed by atoms with Crippen molar-refractivity contribution in [3.05, 3.63) is 24.0 Å². The minimum atomic E-state index is 0.0232. The third-order valence-corrected chi connectivity index (χ3v) is 3.95. The summed E-state index contributed by atoms with van der Waals surface area (Å²) in [6.45, 7) is 2.24. The summed E-state index contributed by atoms with van der Waals surface area (Å²) in [6, 6.07) is 4.26. The smallest absolute Gasteiger partial charge is 0.261 e. The van der Waals surface area contributed by atoms with Crippen molar-refractivity contribution in [3.8, 4) is 23.0 Å². The Morgan fingerprint density at radius 1 is 1.25 bits per heavy atom. The average molecular weight is 274 g/mol. The van der Waals surface area contributed by atoms with Crippen LogP contribution in [0.5, 0.6) is 11.5 Å². The topological polar surface area (TPSA) is 79.4 Å². The fourth-order valence-corrected chi connectivity index (χ4v) is 2.87. The molecule has 1 aromatic carbocycles. The lowest BCUT2D eigenvalue weighted by molar-refractivity contribution is 0.324. The van der Waals surface area contributed by atoms with Crippen LogP contribution in [0.3, 0.4) is 0 Å². The molecule has 2 unspecified atom stereocenters. The van der Waals surface area contributed by atoms with Crippen LogP contribution in [0, 0.1) is 5.92 Å². The first-order chi connectivity index (χ1) is 9.63. The van der Waals surface area contributed by atoms with Crippen LogP contribution in [-0.2, 0) is 0 Å². The van der Waals surface area contributed by atoms with Crippen LogP contribution in [0.2, 0.25) is 0 Å². The van der Waals surface area contributed by atoms with Crippen LogP contribution in [0.1, 0.15) is 44.3 Å². The molecule has 1 saturated carbocycles. The molecule has 2 atom stereocenters. The Labute approximate surface area is 117 Å². The van der Waals surface area contributed by atoms with Gasteiger partial charge in [0.05, 0.1) is 5.56 Å². The van der Waals surface area contributed by atoms with Gasteiger partial charge in [-0.15, -0.1) is 0 Å². The minimum Gasteiger partial charge on any atom is -0.508 e. The highest BCUT2D eigenvalue weighted by molar-refractivity contribution is 5.64. The summed E-state index contributed by atoms with van der Waals surface area (Å²) in [5.74, 6) is 2.06. The van der Waals surface area contributed by atoms with Crippen molar-refractivity contribution in [2.24, 2.45) is 5.92 Å². The van der Waals surface area contributed by atoms with Crippen molar-refractivity contribution in [2.75, 3.05) is 0 Å². The molecular weight excluding hydrogens is 256 g/mol. The number of rotatable bonds is 2. The van der Waals surface area contributed by atoms with E-state index in [9.17, 15) is 10.2 Å².